The van der Waals surface area contributed by atoms with Crippen molar-refractivity contribution in [1.29, 1.82) is 0 Å². The molecule has 0 aromatic carbocycles. The van der Waals surface area contributed by atoms with Gasteiger partial charge in [0.05, 0.1) is 5.97 Å². The Labute approximate surface area is 70.1 Å². The molecule has 0 aliphatic carbocycles. The predicted octanol–water partition coefficient (Wildman–Crippen LogP) is 0.610. The minimum atomic E-state index is -1.92. The van der Waals surface area contributed by atoms with Crippen molar-refractivity contribution in [1.82, 2.24) is 0 Å². The maximum atomic E-state index is 9.14. The van der Waals surface area contributed by atoms with E-state index >= 15 is 0 Å². The second-order valence-electron chi connectivity index (χ2n) is 0.737. The van der Waals surface area contributed by atoms with Gasteiger partial charge in [-0.1, -0.05) is 6.58 Å². The molecule has 0 aliphatic rings. The Bertz CT molecular complexity index is 92.3. The molecule has 0 rings (SSSR count). The first kappa shape index (κ1) is 12.3. The molecule has 9 heavy (non-hydrogen) atoms. The number of carbonyl (C=O) groups excluding carboxylic acids is 1. The number of carboxylic acid groups (broad SMARTS) is 1. The Hall–Kier alpha value is 0.623. The average molecular weight is 250 g/mol. The van der Waals surface area contributed by atoms with Crippen molar-refractivity contribution < 1.29 is 9.90 Å². The van der Waals surface area contributed by atoms with E-state index in [9.17, 15) is 0 Å². The van der Waals surface area contributed by atoms with E-state index in [1.807, 2.05) is 0 Å². The summed E-state index contributed by atoms with van der Waals surface area (Å²) < 4.78 is 0. The quantitative estimate of drug-likeness (QED) is 0.505. The number of halogens is 3. The first-order valence-corrected chi connectivity index (χ1v) is 9.94. The van der Waals surface area contributed by atoms with Crippen molar-refractivity contribution in [3.05, 3.63) is 12.7 Å². The standard InChI is InChI=1S/C3H4O2.Cl3Ge/c1-2-3(4)5;1-4(2)3/h2H,1H2,(H,4,5);/q;+1/p-1. The summed E-state index contributed by atoms with van der Waals surface area (Å²) in [5, 5.41) is 9.14. The van der Waals surface area contributed by atoms with E-state index in [4.69, 9.17) is 39.9 Å². The number of carboxylic acids is 1. The van der Waals surface area contributed by atoms with Crippen molar-refractivity contribution >= 4 is 47.6 Å². The first-order chi connectivity index (χ1) is 4.00. The molecule has 2 nitrogen and oxygen atoms in total. The van der Waals surface area contributed by atoms with Crippen LogP contribution in [-0.2, 0) is 4.79 Å². The molecule has 0 spiro atoms. The average Bonchev–Trinajstić information content (AvgIpc) is 1.65. The first-order valence-electron chi connectivity index (χ1n) is 1.67. The summed E-state index contributed by atoms with van der Waals surface area (Å²) in [4.78, 5) is 9.14. The fraction of sp³-hybridized carbons (Fsp3) is 0. The molecule has 0 radical (unpaired) electrons. The van der Waals surface area contributed by atoms with E-state index in [1.54, 1.807) is 0 Å². The van der Waals surface area contributed by atoms with Crippen LogP contribution in [0.5, 0.6) is 0 Å². The molecule has 6 heteroatoms. The molecule has 0 heterocycles. The van der Waals surface area contributed by atoms with Crippen LogP contribution in [0.3, 0.4) is 0 Å². The Morgan fingerprint density at radius 3 is 1.67 bits per heavy atom. The topological polar surface area (TPSA) is 40.1 Å². The van der Waals surface area contributed by atoms with Crippen LogP contribution in [0.4, 0.5) is 0 Å². The zero-order valence-electron chi connectivity index (χ0n) is 4.23. The monoisotopic (exact) mass is 250 g/mol. The van der Waals surface area contributed by atoms with Crippen molar-refractivity contribution in [2.75, 3.05) is 0 Å². The predicted molar refractivity (Wildman–Crippen MR) is 38.5 cm³/mol. The van der Waals surface area contributed by atoms with E-state index in [2.05, 4.69) is 6.58 Å². The van der Waals surface area contributed by atoms with Gasteiger partial charge in [0.25, 0.3) is 0 Å². The molecule has 0 unspecified atom stereocenters. The van der Waals surface area contributed by atoms with Crippen LogP contribution in [0.1, 0.15) is 0 Å². The minimum absolute atomic E-state index is 0.722. The van der Waals surface area contributed by atoms with Gasteiger partial charge >= 0.3 is 41.6 Å². The number of aliphatic carboxylic acids is 1. The zero-order valence-corrected chi connectivity index (χ0v) is 8.60. The van der Waals surface area contributed by atoms with Crippen LogP contribution < -0.4 is 5.11 Å². The fourth-order valence-electron chi connectivity index (χ4n) is 0. The van der Waals surface area contributed by atoms with Crippen LogP contribution >= 0.6 is 30.0 Å². The van der Waals surface area contributed by atoms with Gasteiger partial charge in [-0.2, -0.15) is 0 Å². The fourth-order valence-corrected chi connectivity index (χ4v) is 0. The number of hydrogen-bond acceptors (Lipinski definition) is 2. The Balaban J connectivity index is 0. The van der Waals surface area contributed by atoms with Gasteiger partial charge in [0, 0.05) is 0 Å². The Morgan fingerprint density at radius 1 is 1.56 bits per heavy atom. The molecule has 0 saturated carbocycles. The van der Waals surface area contributed by atoms with Gasteiger partial charge in [0.1, 0.15) is 0 Å². The summed E-state index contributed by atoms with van der Waals surface area (Å²) in [6, 6.07) is 0. The van der Waals surface area contributed by atoms with E-state index in [-0.39, 0.29) is 0 Å². The number of rotatable bonds is 1. The van der Waals surface area contributed by atoms with Gasteiger partial charge in [-0.15, -0.1) is 0 Å². The SMILES string of the molecule is C=CC(=O)[O-].[Cl][Ge+]([Cl])[Cl]. The molecular weight excluding hydrogens is 247 g/mol. The van der Waals surface area contributed by atoms with Gasteiger partial charge in [0.15, 0.2) is 0 Å². The van der Waals surface area contributed by atoms with Crippen LogP contribution in [0.15, 0.2) is 12.7 Å². The zero-order chi connectivity index (χ0) is 7.86. The van der Waals surface area contributed by atoms with Gasteiger partial charge in [0.2, 0.25) is 0 Å². The maximum absolute atomic E-state index is 9.14. The van der Waals surface area contributed by atoms with Crippen molar-refractivity contribution in [3.8, 4) is 0 Å². The number of hydrogen-bond donors (Lipinski definition) is 0. The van der Waals surface area contributed by atoms with Gasteiger partial charge in [-0.3, -0.25) is 0 Å². The van der Waals surface area contributed by atoms with Crippen molar-refractivity contribution in [2.45, 2.75) is 0 Å². The second kappa shape index (κ2) is 8.62. The molecule has 0 amide bonds. The van der Waals surface area contributed by atoms with Gasteiger partial charge < -0.3 is 9.90 Å². The third kappa shape index (κ3) is 55.0. The van der Waals surface area contributed by atoms with Crippen LogP contribution in [0.2, 0.25) is 0 Å². The van der Waals surface area contributed by atoms with Crippen molar-refractivity contribution in [3.63, 3.8) is 0 Å². The molecule has 0 N–H and O–H groups in total. The molecule has 0 aromatic rings. The Kier molecular flexibility index (Phi) is 11.8. The summed E-state index contributed by atoms with van der Waals surface area (Å²) in [5.41, 5.74) is 0. The number of carbonyl (C=O) groups is 1. The normalized spacial score (nSPS) is 6.56. The molecule has 0 atom stereocenters. The van der Waals surface area contributed by atoms with Crippen LogP contribution in [0.25, 0.3) is 0 Å². The summed E-state index contributed by atoms with van der Waals surface area (Å²) in [6.45, 7) is 2.90. The third-order valence-electron chi connectivity index (χ3n) is 0.167. The molecule has 0 saturated heterocycles. The summed E-state index contributed by atoms with van der Waals surface area (Å²) >= 11 is -1.92. The summed E-state index contributed by atoms with van der Waals surface area (Å²) in [6.07, 6.45) is 0.722. The van der Waals surface area contributed by atoms with E-state index < -0.39 is 17.5 Å². The molecule has 0 bridgehead atoms. The molecule has 52 valence electrons. The molecule has 0 aliphatic heterocycles. The van der Waals surface area contributed by atoms with E-state index in [0.717, 1.165) is 6.08 Å². The van der Waals surface area contributed by atoms with Crippen LogP contribution in [0, 0.1) is 0 Å². The third-order valence-corrected chi connectivity index (χ3v) is 0.167. The summed E-state index contributed by atoms with van der Waals surface area (Å²) in [5.74, 6) is -1.23. The van der Waals surface area contributed by atoms with E-state index in [0.29, 0.717) is 0 Å². The second-order valence-corrected chi connectivity index (χ2v) is 10.5. The summed E-state index contributed by atoms with van der Waals surface area (Å²) in [7, 11) is 14.9. The van der Waals surface area contributed by atoms with E-state index in [1.165, 1.54) is 0 Å². The van der Waals surface area contributed by atoms with Gasteiger partial charge in [-0.05, 0) is 6.08 Å². The van der Waals surface area contributed by atoms with Crippen molar-refractivity contribution in [2.24, 2.45) is 0 Å². The molecule has 0 aromatic heterocycles. The Morgan fingerprint density at radius 2 is 1.67 bits per heavy atom. The van der Waals surface area contributed by atoms with Crippen LogP contribution in [-0.4, -0.2) is 17.5 Å². The molecule has 0 fully saturated rings. The molecular formula is C3H3Cl3GeO2. The van der Waals surface area contributed by atoms with Gasteiger partial charge in [-0.25, -0.2) is 0 Å².